The van der Waals surface area contributed by atoms with E-state index in [9.17, 15) is 4.79 Å². The molecule has 0 spiro atoms. The molecule has 2 rings (SSSR count). The Morgan fingerprint density at radius 3 is 2.56 bits per heavy atom. The first-order chi connectivity index (χ1) is 8.69. The second-order valence-corrected chi connectivity index (χ2v) is 4.66. The molecule has 0 radical (unpaired) electrons. The van der Waals surface area contributed by atoms with E-state index >= 15 is 0 Å². The van der Waals surface area contributed by atoms with E-state index in [2.05, 4.69) is 0 Å². The van der Waals surface area contributed by atoms with Gasteiger partial charge in [0, 0.05) is 0 Å². The highest BCUT2D eigenvalue weighted by Crippen LogP contribution is 2.34. The van der Waals surface area contributed by atoms with Gasteiger partial charge < -0.3 is 9.47 Å². The van der Waals surface area contributed by atoms with Crippen LogP contribution in [0.25, 0.3) is 0 Å². The van der Waals surface area contributed by atoms with Crippen LogP contribution >= 0.6 is 0 Å². The first kappa shape index (κ1) is 12.9. The van der Waals surface area contributed by atoms with Crippen molar-refractivity contribution in [3.63, 3.8) is 0 Å². The standard InChI is InChI=1S/C15H20O3/c1-4-18-15(16)14-10(2)9-13(17-3)11-7-5-6-8-12(11)14/h9H,4-8H2,1-3H3. The van der Waals surface area contributed by atoms with Gasteiger partial charge in [0.05, 0.1) is 19.3 Å². The van der Waals surface area contributed by atoms with E-state index in [0.717, 1.165) is 48.1 Å². The summed E-state index contributed by atoms with van der Waals surface area (Å²) in [5.74, 6) is 0.714. The van der Waals surface area contributed by atoms with Crippen molar-refractivity contribution < 1.29 is 14.3 Å². The normalized spacial score (nSPS) is 13.9. The minimum atomic E-state index is -0.198. The molecule has 0 atom stereocenters. The minimum Gasteiger partial charge on any atom is -0.496 e. The molecule has 0 aromatic heterocycles. The summed E-state index contributed by atoms with van der Waals surface area (Å²) >= 11 is 0. The number of rotatable bonds is 3. The molecule has 1 aromatic rings. The third kappa shape index (κ3) is 2.22. The minimum absolute atomic E-state index is 0.198. The average Bonchev–Trinajstić information content (AvgIpc) is 2.37. The molecule has 0 saturated carbocycles. The van der Waals surface area contributed by atoms with Crippen LogP contribution in [0, 0.1) is 6.92 Å². The van der Waals surface area contributed by atoms with Gasteiger partial charge in [0.25, 0.3) is 0 Å². The second-order valence-electron chi connectivity index (χ2n) is 4.66. The van der Waals surface area contributed by atoms with Crippen molar-refractivity contribution in [3.8, 4) is 5.75 Å². The Morgan fingerprint density at radius 2 is 1.94 bits per heavy atom. The lowest BCUT2D eigenvalue weighted by Crippen LogP contribution is -2.16. The van der Waals surface area contributed by atoms with Crippen LogP contribution < -0.4 is 4.74 Å². The van der Waals surface area contributed by atoms with Crippen LogP contribution in [-0.4, -0.2) is 19.7 Å². The van der Waals surface area contributed by atoms with Crippen LogP contribution in [0.3, 0.4) is 0 Å². The molecule has 0 saturated heterocycles. The highest BCUT2D eigenvalue weighted by Gasteiger charge is 2.24. The summed E-state index contributed by atoms with van der Waals surface area (Å²) in [5, 5.41) is 0. The number of hydrogen-bond donors (Lipinski definition) is 0. The summed E-state index contributed by atoms with van der Waals surface area (Å²) in [6, 6.07) is 1.95. The fraction of sp³-hybridized carbons (Fsp3) is 0.533. The van der Waals surface area contributed by atoms with E-state index in [4.69, 9.17) is 9.47 Å². The van der Waals surface area contributed by atoms with E-state index in [1.54, 1.807) is 7.11 Å². The Bertz CT molecular complexity index is 463. The van der Waals surface area contributed by atoms with Gasteiger partial charge >= 0.3 is 5.97 Å². The number of esters is 1. The number of aryl methyl sites for hydroxylation is 1. The molecule has 0 amide bonds. The monoisotopic (exact) mass is 248 g/mol. The summed E-state index contributed by atoms with van der Waals surface area (Å²) in [7, 11) is 1.69. The van der Waals surface area contributed by atoms with Crippen LogP contribution in [0.1, 0.15) is 46.8 Å². The first-order valence-corrected chi connectivity index (χ1v) is 6.55. The summed E-state index contributed by atoms with van der Waals surface area (Å²) in [6.07, 6.45) is 4.23. The number of carbonyl (C=O) groups is 1. The lowest BCUT2D eigenvalue weighted by molar-refractivity contribution is 0.0524. The Hall–Kier alpha value is -1.51. The molecule has 3 heteroatoms. The van der Waals surface area contributed by atoms with E-state index in [0.29, 0.717) is 6.61 Å². The fourth-order valence-electron chi connectivity index (χ4n) is 2.72. The molecule has 0 heterocycles. The predicted molar refractivity (Wildman–Crippen MR) is 70.3 cm³/mol. The molecule has 1 aliphatic carbocycles. The zero-order valence-electron chi connectivity index (χ0n) is 11.3. The zero-order chi connectivity index (χ0) is 13.1. The average molecular weight is 248 g/mol. The Kier molecular flexibility index (Phi) is 3.90. The van der Waals surface area contributed by atoms with E-state index < -0.39 is 0 Å². The van der Waals surface area contributed by atoms with Crippen molar-refractivity contribution in [3.05, 3.63) is 28.3 Å². The Morgan fingerprint density at radius 1 is 1.28 bits per heavy atom. The van der Waals surface area contributed by atoms with Crippen molar-refractivity contribution >= 4 is 5.97 Å². The molecule has 1 aliphatic rings. The summed E-state index contributed by atoms with van der Waals surface area (Å²) in [6.45, 7) is 4.20. The molecular weight excluding hydrogens is 228 g/mol. The number of fused-ring (bicyclic) bond motifs is 1. The highest BCUT2D eigenvalue weighted by atomic mass is 16.5. The maximum Gasteiger partial charge on any atom is 0.338 e. The first-order valence-electron chi connectivity index (χ1n) is 6.55. The molecule has 98 valence electrons. The van der Waals surface area contributed by atoms with Crippen molar-refractivity contribution in [1.29, 1.82) is 0 Å². The summed E-state index contributed by atoms with van der Waals surface area (Å²) in [4.78, 5) is 12.1. The van der Waals surface area contributed by atoms with Crippen molar-refractivity contribution in [2.24, 2.45) is 0 Å². The van der Waals surface area contributed by atoms with Crippen molar-refractivity contribution in [2.45, 2.75) is 39.5 Å². The molecule has 1 aromatic carbocycles. The molecule has 18 heavy (non-hydrogen) atoms. The van der Waals surface area contributed by atoms with Gasteiger partial charge in [-0.15, -0.1) is 0 Å². The molecule has 0 bridgehead atoms. The lowest BCUT2D eigenvalue weighted by atomic mass is 9.85. The van der Waals surface area contributed by atoms with Crippen LogP contribution in [-0.2, 0) is 17.6 Å². The number of ether oxygens (including phenoxy) is 2. The number of benzene rings is 1. The SMILES string of the molecule is CCOC(=O)c1c(C)cc(OC)c2c1CCCC2. The number of methoxy groups -OCH3 is 1. The largest absolute Gasteiger partial charge is 0.496 e. The van der Waals surface area contributed by atoms with Gasteiger partial charge in [0.2, 0.25) is 0 Å². The molecule has 0 fully saturated rings. The van der Waals surface area contributed by atoms with E-state index in [1.165, 1.54) is 5.56 Å². The molecular formula is C15H20O3. The van der Waals surface area contributed by atoms with Crippen LogP contribution in [0.15, 0.2) is 6.07 Å². The quantitative estimate of drug-likeness (QED) is 0.771. The van der Waals surface area contributed by atoms with Crippen molar-refractivity contribution in [1.82, 2.24) is 0 Å². The molecule has 0 aliphatic heterocycles. The Balaban J connectivity index is 2.55. The van der Waals surface area contributed by atoms with Gasteiger partial charge in [-0.2, -0.15) is 0 Å². The van der Waals surface area contributed by atoms with Crippen LogP contribution in [0.2, 0.25) is 0 Å². The maximum atomic E-state index is 12.1. The second kappa shape index (κ2) is 5.42. The van der Waals surface area contributed by atoms with Gasteiger partial charge in [0.15, 0.2) is 0 Å². The van der Waals surface area contributed by atoms with E-state index in [1.807, 2.05) is 19.9 Å². The third-order valence-corrected chi connectivity index (χ3v) is 3.51. The smallest absolute Gasteiger partial charge is 0.338 e. The van der Waals surface area contributed by atoms with E-state index in [-0.39, 0.29) is 5.97 Å². The van der Waals surface area contributed by atoms with Gasteiger partial charge in [0.1, 0.15) is 5.75 Å². The topological polar surface area (TPSA) is 35.5 Å². The maximum absolute atomic E-state index is 12.1. The zero-order valence-corrected chi connectivity index (χ0v) is 11.3. The number of carbonyl (C=O) groups excluding carboxylic acids is 1. The van der Waals surface area contributed by atoms with Crippen molar-refractivity contribution in [2.75, 3.05) is 13.7 Å². The molecule has 3 nitrogen and oxygen atoms in total. The van der Waals surface area contributed by atoms with Crippen LogP contribution in [0.4, 0.5) is 0 Å². The van der Waals surface area contributed by atoms with Gasteiger partial charge in [-0.25, -0.2) is 4.79 Å². The lowest BCUT2D eigenvalue weighted by Gasteiger charge is -2.23. The van der Waals surface area contributed by atoms with Gasteiger partial charge in [-0.1, -0.05) is 0 Å². The Labute approximate surface area is 108 Å². The predicted octanol–water partition coefficient (Wildman–Crippen LogP) is 3.06. The van der Waals surface area contributed by atoms with Gasteiger partial charge in [-0.05, 0) is 62.3 Å². The number of hydrogen-bond acceptors (Lipinski definition) is 3. The highest BCUT2D eigenvalue weighted by molar-refractivity contribution is 5.93. The third-order valence-electron chi connectivity index (χ3n) is 3.51. The van der Waals surface area contributed by atoms with Gasteiger partial charge in [-0.3, -0.25) is 0 Å². The summed E-state index contributed by atoms with van der Waals surface area (Å²) in [5.41, 5.74) is 4.03. The molecule has 0 N–H and O–H groups in total. The fourth-order valence-corrected chi connectivity index (χ4v) is 2.72. The van der Waals surface area contributed by atoms with Crippen LogP contribution in [0.5, 0.6) is 5.75 Å². The molecule has 0 unspecified atom stereocenters. The summed E-state index contributed by atoms with van der Waals surface area (Å²) < 4.78 is 10.6.